The fourth-order valence-electron chi connectivity index (χ4n) is 2.03. The first-order chi connectivity index (χ1) is 9.57. The van der Waals surface area contributed by atoms with Gasteiger partial charge >= 0.3 is 0 Å². The average molecular weight is 342 g/mol. The third-order valence-electron chi connectivity index (χ3n) is 3.47. The Kier molecular flexibility index (Phi) is 5.96. The highest BCUT2D eigenvalue weighted by atomic mass is 32.2. The fourth-order valence-corrected chi connectivity index (χ4v) is 5.06. The Bertz CT molecular complexity index is 579. The van der Waals surface area contributed by atoms with Gasteiger partial charge in [-0.2, -0.15) is 4.31 Å². The van der Waals surface area contributed by atoms with Crippen LogP contribution < -0.4 is 5.73 Å². The van der Waals surface area contributed by atoms with Gasteiger partial charge in [0.25, 0.3) is 0 Å². The molecule has 0 aromatic carbocycles. The molecule has 21 heavy (non-hydrogen) atoms. The molecule has 0 spiro atoms. The van der Waals surface area contributed by atoms with Crippen LogP contribution in [0.2, 0.25) is 0 Å². The lowest BCUT2D eigenvalue weighted by Gasteiger charge is -2.36. The summed E-state index contributed by atoms with van der Waals surface area (Å²) < 4.78 is 47.5. The van der Waals surface area contributed by atoms with Crippen molar-refractivity contribution in [1.29, 1.82) is 0 Å². The molecule has 1 aliphatic heterocycles. The Morgan fingerprint density at radius 3 is 2.14 bits per heavy atom. The maximum Gasteiger partial charge on any atom is 0.215 e. The van der Waals surface area contributed by atoms with Gasteiger partial charge in [0.05, 0.1) is 17.5 Å². The molecule has 1 saturated heterocycles. The maximum absolute atomic E-state index is 12.1. The summed E-state index contributed by atoms with van der Waals surface area (Å²) in [5, 5.41) is 11.6. The average Bonchev–Trinajstić information content (AvgIpc) is 2.43. The number of piperazine rings is 1. The van der Waals surface area contributed by atoms with Crippen LogP contribution in [0.25, 0.3) is 0 Å². The van der Waals surface area contributed by atoms with Crippen LogP contribution in [0.4, 0.5) is 0 Å². The molecule has 0 aromatic heterocycles. The molecule has 0 amide bonds. The van der Waals surface area contributed by atoms with Gasteiger partial charge < -0.3 is 10.9 Å². The second-order valence-electron chi connectivity index (χ2n) is 5.08. The minimum absolute atomic E-state index is 0.0726. The van der Waals surface area contributed by atoms with Crippen molar-refractivity contribution in [3.8, 4) is 0 Å². The first-order valence-corrected chi connectivity index (χ1v) is 10.1. The van der Waals surface area contributed by atoms with Crippen LogP contribution in [0.15, 0.2) is 5.16 Å². The number of amidine groups is 1. The number of hydrogen-bond acceptors (Lipinski definition) is 7. The van der Waals surface area contributed by atoms with Gasteiger partial charge in [-0.25, -0.2) is 16.8 Å². The van der Waals surface area contributed by atoms with Crippen LogP contribution in [-0.4, -0.2) is 87.1 Å². The van der Waals surface area contributed by atoms with Crippen molar-refractivity contribution in [1.82, 2.24) is 9.21 Å². The molecule has 9 nitrogen and oxygen atoms in total. The first kappa shape index (κ1) is 18.1. The number of sulfone groups is 1. The highest BCUT2D eigenvalue weighted by Crippen LogP contribution is 2.11. The van der Waals surface area contributed by atoms with Crippen LogP contribution in [0, 0.1) is 0 Å². The molecule has 3 N–H and O–H groups in total. The van der Waals surface area contributed by atoms with Gasteiger partial charge in [-0.05, 0) is 6.92 Å². The predicted molar refractivity (Wildman–Crippen MR) is 79.5 cm³/mol. The van der Waals surface area contributed by atoms with Gasteiger partial charge in [-0.15, -0.1) is 0 Å². The fraction of sp³-hybridized carbons (Fsp3) is 0.900. The van der Waals surface area contributed by atoms with Crippen molar-refractivity contribution < 1.29 is 22.0 Å². The number of sulfonamides is 1. The number of nitrogens with zero attached hydrogens (tertiary/aromatic N) is 3. The second kappa shape index (κ2) is 6.90. The number of oxime groups is 1. The third kappa shape index (κ3) is 5.41. The molecule has 1 rings (SSSR count). The van der Waals surface area contributed by atoms with Gasteiger partial charge in [0.2, 0.25) is 10.0 Å². The number of rotatable bonds is 6. The van der Waals surface area contributed by atoms with E-state index in [2.05, 4.69) is 5.16 Å². The summed E-state index contributed by atoms with van der Waals surface area (Å²) in [7, 11) is -6.89. The molecule has 124 valence electrons. The maximum atomic E-state index is 12.1. The molecule has 1 heterocycles. The summed E-state index contributed by atoms with van der Waals surface area (Å²) in [4.78, 5) is 1.90. The zero-order chi connectivity index (χ0) is 16.3. The molecule has 0 bridgehead atoms. The van der Waals surface area contributed by atoms with Crippen LogP contribution in [0.5, 0.6) is 0 Å². The Hall–Kier alpha value is -0.910. The van der Waals surface area contributed by atoms with E-state index in [4.69, 9.17) is 10.9 Å². The van der Waals surface area contributed by atoms with Crippen LogP contribution >= 0.6 is 0 Å². The number of nitrogens with two attached hydrogens (primary N) is 1. The molecule has 1 aliphatic rings. The van der Waals surface area contributed by atoms with Gasteiger partial charge in [0.1, 0.15) is 9.84 Å². The van der Waals surface area contributed by atoms with E-state index in [0.29, 0.717) is 13.1 Å². The van der Waals surface area contributed by atoms with Crippen molar-refractivity contribution >= 4 is 25.7 Å². The lowest BCUT2D eigenvalue weighted by molar-refractivity contribution is 0.171. The Morgan fingerprint density at radius 2 is 1.71 bits per heavy atom. The van der Waals surface area contributed by atoms with Crippen LogP contribution in [0.1, 0.15) is 6.92 Å². The minimum Gasteiger partial charge on any atom is -0.409 e. The van der Waals surface area contributed by atoms with Gasteiger partial charge in [0.15, 0.2) is 5.84 Å². The Labute approximate surface area is 125 Å². The van der Waals surface area contributed by atoms with E-state index < -0.39 is 25.6 Å². The molecule has 0 radical (unpaired) electrons. The van der Waals surface area contributed by atoms with E-state index in [1.54, 1.807) is 6.92 Å². The van der Waals surface area contributed by atoms with Gasteiger partial charge in [0, 0.05) is 32.4 Å². The molecule has 0 aromatic rings. The van der Waals surface area contributed by atoms with Crippen LogP contribution in [0.3, 0.4) is 0 Å². The van der Waals surface area contributed by atoms with Crippen LogP contribution in [-0.2, 0) is 19.9 Å². The van der Waals surface area contributed by atoms with Crippen molar-refractivity contribution in [2.24, 2.45) is 10.9 Å². The summed E-state index contributed by atoms with van der Waals surface area (Å²) in [5.41, 5.74) is 5.52. The zero-order valence-corrected chi connectivity index (χ0v) is 13.8. The van der Waals surface area contributed by atoms with E-state index in [-0.39, 0.29) is 30.7 Å². The quantitative estimate of drug-likeness (QED) is 0.249. The number of hydrogen-bond donors (Lipinski definition) is 2. The molecular weight excluding hydrogens is 320 g/mol. The van der Waals surface area contributed by atoms with E-state index in [0.717, 1.165) is 6.26 Å². The first-order valence-electron chi connectivity index (χ1n) is 6.44. The van der Waals surface area contributed by atoms with Crippen molar-refractivity contribution in [3.63, 3.8) is 0 Å². The normalized spacial score (nSPS) is 21.3. The molecule has 1 atom stereocenters. The zero-order valence-electron chi connectivity index (χ0n) is 12.1. The summed E-state index contributed by atoms with van der Waals surface area (Å²) in [6.45, 7) is 3.16. The summed E-state index contributed by atoms with van der Waals surface area (Å²) >= 11 is 0. The Morgan fingerprint density at radius 1 is 1.19 bits per heavy atom. The topological polar surface area (TPSA) is 133 Å². The molecule has 11 heteroatoms. The predicted octanol–water partition coefficient (Wildman–Crippen LogP) is -1.89. The highest BCUT2D eigenvalue weighted by Gasteiger charge is 2.30. The summed E-state index contributed by atoms with van der Waals surface area (Å²) in [5.74, 6) is -0.707. The van der Waals surface area contributed by atoms with E-state index in [9.17, 15) is 16.8 Å². The second-order valence-corrected chi connectivity index (χ2v) is 9.43. The summed E-state index contributed by atoms with van der Waals surface area (Å²) in [6.07, 6.45) is 1.01. The lowest BCUT2D eigenvalue weighted by Crippen LogP contribution is -2.54. The molecule has 1 fully saturated rings. The molecule has 1 unspecified atom stereocenters. The molecule has 0 saturated carbocycles. The summed E-state index contributed by atoms with van der Waals surface area (Å²) in [6, 6.07) is -0.282. The highest BCUT2D eigenvalue weighted by molar-refractivity contribution is 7.93. The molecular formula is C10H22N4O5S2. The minimum atomic E-state index is -3.57. The van der Waals surface area contributed by atoms with Crippen molar-refractivity contribution in [3.05, 3.63) is 0 Å². The standard InChI is InChI=1S/C10H22N4O5S2/c1-9(10(11)12-15)13-3-5-14(6-4-13)21(18,19)8-7-20(2,16)17/h9,15H,3-8H2,1-2H3,(H2,11,12). The monoisotopic (exact) mass is 342 g/mol. The van der Waals surface area contributed by atoms with Crippen molar-refractivity contribution in [2.75, 3.05) is 43.9 Å². The SMILES string of the molecule is CC(C(N)=NO)N1CCN(S(=O)(=O)CCS(C)(=O)=O)CC1. The molecule has 0 aliphatic carbocycles. The van der Waals surface area contributed by atoms with E-state index >= 15 is 0 Å². The Balaban J connectivity index is 2.60. The smallest absolute Gasteiger partial charge is 0.215 e. The largest absolute Gasteiger partial charge is 0.409 e. The third-order valence-corrected chi connectivity index (χ3v) is 6.55. The lowest BCUT2D eigenvalue weighted by atomic mass is 10.2. The van der Waals surface area contributed by atoms with E-state index in [1.165, 1.54) is 4.31 Å². The van der Waals surface area contributed by atoms with E-state index in [1.807, 2.05) is 4.90 Å². The van der Waals surface area contributed by atoms with Crippen molar-refractivity contribution in [2.45, 2.75) is 13.0 Å². The van der Waals surface area contributed by atoms with Gasteiger partial charge in [-0.3, -0.25) is 4.90 Å². The van der Waals surface area contributed by atoms with Gasteiger partial charge in [-0.1, -0.05) is 5.16 Å².